The van der Waals surface area contributed by atoms with Gasteiger partial charge in [-0.3, -0.25) is 4.79 Å². The lowest BCUT2D eigenvalue weighted by molar-refractivity contribution is -0.0269. The summed E-state index contributed by atoms with van der Waals surface area (Å²) in [5.74, 6) is 0.377. The van der Waals surface area contributed by atoms with Gasteiger partial charge in [-0.05, 0) is 17.3 Å². The van der Waals surface area contributed by atoms with E-state index in [0.29, 0.717) is 49.9 Å². The fourth-order valence-corrected chi connectivity index (χ4v) is 2.77. The Bertz CT molecular complexity index is 907. The lowest BCUT2D eigenvalue weighted by Crippen LogP contribution is -2.42. The molecule has 0 aromatic carbocycles. The first-order chi connectivity index (χ1) is 12.7. The first-order valence-corrected chi connectivity index (χ1v) is 8.21. The molecule has 0 bridgehead atoms. The van der Waals surface area contributed by atoms with Crippen LogP contribution in [0.3, 0.4) is 0 Å². The van der Waals surface area contributed by atoms with Gasteiger partial charge in [-0.25, -0.2) is 9.50 Å². The largest absolute Gasteiger partial charge is 0.383 e. The normalized spacial score (nSPS) is 17.7. The summed E-state index contributed by atoms with van der Waals surface area (Å²) in [6.07, 6.45) is 2.77. The van der Waals surface area contributed by atoms with Gasteiger partial charge in [0.2, 0.25) is 5.82 Å². The molecule has 1 aliphatic heterocycles. The Balaban J connectivity index is 1.47. The number of carbonyl (C=O) groups is 1. The van der Waals surface area contributed by atoms with Crippen LogP contribution in [0.4, 0.5) is 0 Å². The zero-order chi connectivity index (χ0) is 17.9. The SMILES string of the molecule is COCCn1nnc(C2CN(C(=O)c3ccn4ncnc4c3)CCO2)n1. The number of morpholine rings is 1. The maximum absolute atomic E-state index is 12.8. The van der Waals surface area contributed by atoms with Gasteiger partial charge < -0.3 is 14.4 Å². The number of rotatable bonds is 5. The second kappa shape index (κ2) is 7.14. The lowest BCUT2D eigenvalue weighted by Gasteiger charge is -2.31. The number of ether oxygens (including phenoxy) is 2. The van der Waals surface area contributed by atoms with Crippen molar-refractivity contribution in [2.24, 2.45) is 0 Å². The molecule has 0 N–H and O–H groups in total. The smallest absolute Gasteiger partial charge is 0.254 e. The first kappa shape index (κ1) is 16.5. The molecule has 0 saturated carbocycles. The van der Waals surface area contributed by atoms with E-state index in [1.807, 2.05) is 0 Å². The quantitative estimate of drug-likeness (QED) is 0.604. The number of fused-ring (bicyclic) bond motifs is 1. The van der Waals surface area contributed by atoms with Crippen LogP contribution in [-0.4, -0.2) is 79.0 Å². The highest BCUT2D eigenvalue weighted by Gasteiger charge is 2.29. The van der Waals surface area contributed by atoms with Crippen molar-refractivity contribution in [2.75, 3.05) is 33.4 Å². The molecule has 1 fully saturated rings. The Hall–Kier alpha value is -2.92. The molecule has 0 radical (unpaired) electrons. The van der Waals surface area contributed by atoms with Crippen LogP contribution in [0, 0.1) is 0 Å². The molecule has 1 amide bonds. The summed E-state index contributed by atoms with van der Waals surface area (Å²) in [6.45, 7) is 2.29. The molecule has 136 valence electrons. The fraction of sp³-hybridized carbons (Fsp3) is 0.467. The van der Waals surface area contributed by atoms with Gasteiger partial charge in [0.15, 0.2) is 5.65 Å². The Kier molecular flexibility index (Phi) is 4.54. The predicted molar refractivity (Wildman–Crippen MR) is 87.3 cm³/mol. The van der Waals surface area contributed by atoms with E-state index in [9.17, 15) is 4.79 Å². The van der Waals surface area contributed by atoms with E-state index >= 15 is 0 Å². The predicted octanol–water partition coefficient (Wildman–Crippen LogP) is -0.424. The van der Waals surface area contributed by atoms with Gasteiger partial charge in [-0.1, -0.05) is 0 Å². The van der Waals surface area contributed by atoms with Gasteiger partial charge in [0.05, 0.1) is 26.3 Å². The number of carbonyl (C=O) groups excluding carboxylic acids is 1. The summed E-state index contributed by atoms with van der Waals surface area (Å²) < 4.78 is 12.3. The van der Waals surface area contributed by atoms with E-state index in [0.717, 1.165) is 0 Å². The second-order valence-corrected chi connectivity index (χ2v) is 5.83. The molecule has 0 aliphatic carbocycles. The highest BCUT2D eigenvalue weighted by Crippen LogP contribution is 2.20. The topological polar surface area (TPSA) is 113 Å². The van der Waals surface area contributed by atoms with Crippen molar-refractivity contribution in [2.45, 2.75) is 12.6 Å². The molecule has 0 spiro atoms. The van der Waals surface area contributed by atoms with Crippen molar-refractivity contribution < 1.29 is 14.3 Å². The van der Waals surface area contributed by atoms with E-state index in [-0.39, 0.29) is 5.91 Å². The number of tetrazole rings is 1. The summed E-state index contributed by atoms with van der Waals surface area (Å²) in [6, 6.07) is 3.45. The van der Waals surface area contributed by atoms with Crippen molar-refractivity contribution in [1.82, 2.24) is 39.7 Å². The number of hydrogen-bond donors (Lipinski definition) is 0. The van der Waals surface area contributed by atoms with Crippen molar-refractivity contribution in [1.29, 1.82) is 0 Å². The van der Waals surface area contributed by atoms with Crippen LogP contribution in [0.2, 0.25) is 0 Å². The number of hydrogen-bond acceptors (Lipinski definition) is 8. The van der Waals surface area contributed by atoms with Gasteiger partial charge in [0.1, 0.15) is 12.4 Å². The first-order valence-electron chi connectivity index (χ1n) is 8.21. The molecule has 1 unspecified atom stereocenters. The molecule has 3 aromatic heterocycles. The van der Waals surface area contributed by atoms with Crippen LogP contribution in [-0.2, 0) is 16.0 Å². The third-order valence-corrected chi connectivity index (χ3v) is 4.13. The molecule has 11 heteroatoms. The van der Waals surface area contributed by atoms with Gasteiger partial charge >= 0.3 is 0 Å². The van der Waals surface area contributed by atoms with E-state index in [4.69, 9.17) is 9.47 Å². The third kappa shape index (κ3) is 3.26. The van der Waals surface area contributed by atoms with Crippen LogP contribution in [0.5, 0.6) is 0 Å². The van der Waals surface area contributed by atoms with Crippen LogP contribution >= 0.6 is 0 Å². The number of methoxy groups -OCH3 is 1. The van der Waals surface area contributed by atoms with Crippen LogP contribution in [0.25, 0.3) is 5.65 Å². The highest BCUT2D eigenvalue weighted by atomic mass is 16.5. The number of nitrogens with zero attached hydrogens (tertiary/aromatic N) is 8. The molecule has 4 rings (SSSR count). The van der Waals surface area contributed by atoms with Gasteiger partial charge in [0.25, 0.3) is 5.91 Å². The molecule has 1 saturated heterocycles. The summed E-state index contributed by atoms with van der Waals surface area (Å²) in [5.41, 5.74) is 1.19. The maximum Gasteiger partial charge on any atom is 0.254 e. The van der Waals surface area contributed by atoms with E-state index in [2.05, 4.69) is 25.5 Å². The minimum absolute atomic E-state index is 0.0874. The average molecular weight is 358 g/mol. The van der Waals surface area contributed by atoms with Gasteiger partial charge in [0, 0.05) is 25.4 Å². The molecule has 1 atom stereocenters. The van der Waals surface area contributed by atoms with Gasteiger partial charge in [-0.2, -0.15) is 9.90 Å². The molecule has 4 heterocycles. The molecule has 1 aliphatic rings. The van der Waals surface area contributed by atoms with Crippen molar-refractivity contribution in [3.05, 3.63) is 36.0 Å². The molecule has 11 nitrogen and oxygen atoms in total. The fourth-order valence-electron chi connectivity index (χ4n) is 2.77. The van der Waals surface area contributed by atoms with Crippen LogP contribution in [0.15, 0.2) is 24.7 Å². The Labute approximate surface area is 148 Å². The third-order valence-electron chi connectivity index (χ3n) is 4.13. The zero-order valence-corrected chi connectivity index (χ0v) is 14.2. The Morgan fingerprint density at radius 2 is 2.38 bits per heavy atom. The number of pyridine rings is 1. The second-order valence-electron chi connectivity index (χ2n) is 5.83. The molecule has 3 aromatic rings. The summed E-state index contributed by atoms with van der Waals surface area (Å²) in [5, 5.41) is 16.3. The van der Waals surface area contributed by atoms with E-state index in [1.54, 1.807) is 34.9 Å². The number of aromatic nitrogens is 7. The monoisotopic (exact) mass is 358 g/mol. The summed E-state index contributed by atoms with van der Waals surface area (Å²) in [4.78, 5) is 20.1. The van der Waals surface area contributed by atoms with Crippen molar-refractivity contribution in [3.8, 4) is 0 Å². The van der Waals surface area contributed by atoms with Crippen LogP contribution in [0.1, 0.15) is 22.3 Å². The molecular formula is C15H18N8O3. The highest BCUT2D eigenvalue weighted by molar-refractivity contribution is 5.95. The zero-order valence-electron chi connectivity index (χ0n) is 14.2. The molecule has 26 heavy (non-hydrogen) atoms. The number of amides is 1. The van der Waals surface area contributed by atoms with Crippen molar-refractivity contribution in [3.63, 3.8) is 0 Å². The Morgan fingerprint density at radius 3 is 3.27 bits per heavy atom. The summed E-state index contributed by atoms with van der Waals surface area (Å²) in [7, 11) is 1.61. The minimum Gasteiger partial charge on any atom is -0.383 e. The van der Waals surface area contributed by atoms with E-state index < -0.39 is 6.10 Å². The Morgan fingerprint density at radius 1 is 1.46 bits per heavy atom. The average Bonchev–Trinajstić information content (AvgIpc) is 3.34. The molecular weight excluding hydrogens is 340 g/mol. The maximum atomic E-state index is 12.8. The van der Waals surface area contributed by atoms with Crippen LogP contribution < -0.4 is 0 Å². The standard InChI is InChI=1S/C15H18N8O3/c1-25-6-5-23-19-14(18-20-23)12-9-21(4-7-26-12)15(24)11-2-3-22-13(8-11)16-10-17-22/h2-3,8,10,12H,4-7,9H2,1H3. The summed E-state index contributed by atoms with van der Waals surface area (Å²) >= 11 is 0. The lowest BCUT2D eigenvalue weighted by atomic mass is 10.2. The van der Waals surface area contributed by atoms with Gasteiger partial charge in [-0.15, -0.1) is 10.2 Å². The van der Waals surface area contributed by atoms with E-state index in [1.165, 1.54) is 11.1 Å². The van der Waals surface area contributed by atoms with Crippen molar-refractivity contribution >= 4 is 11.6 Å². The minimum atomic E-state index is -0.402.